The molecule has 1 N–H and O–H groups in total. The number of pyridine rings is 1. The lowest BCUT2D eigenvalue weighted by molar-refractivity contribution is 0.102. The molecule has 2 aromatic heterocycles. The fraction of sp³-hybridized carbons (Fsp3) is 0.0667. The second-order valence-electron chi connectivity index (χ2n) is 4.44. The Labute approximate surface area is 114 Å². The molecule has 100 valence electrons. The Morgan fingerprint density at radius 3 is 3.00 bits per heavy atom. The SMILES string of the molecule is Cc1ccc(F)cc1NC(=O)c1cnc2ccoc2c1. The maximum absolute atomic E-state index is 13.2. The second-order valence-corrected chi connectivity index (χ2v) is 4.44. The molecule has 0 fully saturated rings. The van der Waals surface area contributed by atoms with E-state index in [9.17, 15) is 9.18 Å². The molecule has 5 heteroatoms. The highest BCUT2D eigenvalue weighted by Crippen LogP contribution is 2.18. The minimum atomic E-state index is -0.398. The number of nitrogens with zero attached hydrogens (tertiary/aromatic N) is 1. The molecule has 0 saturated heterocycles. The van der Waals surface area contributed by atoms with E-state index >= 15 is 0 Å². The number of fused-ring (bicyclic) bond motifs is 1. The molecule has 0 unspecified atom stereocenters. The first-order chi connectivity index (χ1) is 9.63. The molecule has 0 atom stereocenters. The van der Waals surface area contributed by atoms with E-state index in [0.29, 0.717) is 22.4 Å². The Morgan fingerprint density at radius 2 is 2.15 bits per heavy atom. The lowest BCUT2D eigenvalue weighted by Gasteiger charge is -2.08. The highest BCUT2D eigenvalue weighted by molar-refractivity contribution is 6.05. The fourth-order valence-electron chi connectivity index (χ4n) is 1.89. The largest absolute Gasteiger partial charge is 0.463 e. The first-order valence-electron chi connectivity index (χ1n) is 6.04. The van der Waals surface area contributed by atoms with Crippen LogP contribution in [0.25, 0.3) is 11.1 Å². The maximum Gasteiger partial charge on any atom is 0.257 e. The Balaban J connectivity index is 1.90. The Morgan fingerprint density at radius 1 is 1.30 bits per heavy atom. The molecule has 3 aromatic rings. The first kappa shape index (κ1) is 12.3. The molecular weight excluding hydrogens is 259 g/mol. The number of hydrogen-bond acceptors (Lipinski definition) is 3. The molecule has 0 bridgehead atoms. The molecule has 20 heavy (non-hydrogen) atoms. The second kappa shape index (κ2) is 4.77. The van der Waals surface area contributed by atoms with Crippen LogP contribution in [0.15, 0.2) is 47.2 Å². The number of anilines is 1. The highest BCUT2D eigenvalue weighted by atomic mass is 19.1. The summed E-state index contributed by atoms with van der Waals surface area (Å²) in [5.41, 5.74) is 2.80. The van der Waals surface area contributed by atoms with Gasteiger partial charge in [-0.15, -0.1) is 0 Å². The van der Waals surface area contributed by atoms with E-state index in [1.807, 2.05) is 0 Å². The average molecular weight is 270 g/mol. The number of halogens is 1. The standard InChI is InChI=1S/C15H11FN2O2/c1-9-2-3-11(16)7-13(9)18-15(19)10-6-14-12(17-8-10)4-5-20-14/h2-8H,1H3,(H,18,19). The van der Waals surface area contributed by atoms with Gasteiger partial charge in [0.15, 0.2) is 5.58 Å². The Bertz CT molecular complexity index is 795. The third kappa shape index (κ3) is 2.25. The molecule has 0 aliphatic heterocycles. The van der Waals surface area contributed by atoms with Crippen molar-refractivity contribution in [3.63, 3.8) is 0 Å². The molecule has 0 aliphatic carbocycles. The third-order valence-electron chi connectivity index (χ3n) is 3.01. The number of aromatic nitrogens is 1. The van der Waals surface area contributed by atoms with Gasteiger partial charge in [0.25, 0.3) is 5.91 Å². The van der Waals surface area contributed by atoms with E-state index in [1.54, 1.807) is 25.1 Å². The van der Waals surface area contributed by atoms with Gasteiger partial charge < -0.3 is 9.73 Å². The summed E-state index contributed by atoms with van der Waals surface area (Å²) < 4.78 is 18.4. The van der Waals surface area contributed by atoms with Gasteiger partial charge in [-0.05, 0) is 30.7 Å². The van der Waals surface area contributed by atoms with Crippen molar-refractivity contribution in [2.24, 2.45) is 0 Å². The number of furan rings is 1. The predicted molar refractivity (Wildman–Crippen MR) is 73.1 cm³/mol. The van der Waals surface area contributed by atoms with Gasteiger partial charge in [0.05, 0.1) is 11.8 Å². The van der Waals surface area contributed by atoms with Gasteiger partial charge >= 0.3 is 0 Å². The summed E-state index contributed by atoms with van der Waals surface area (Å²) in [6.07, 6.45) is 2.97. The van der Waals surface area contributed by atoms with E-state index in [4.69, 9.17) is 4.42 Å². The van der Waals surface area contributed by atoms with Gasteiger partial charge in [-0.2, -0.15) is 0 Å². The van der Waals surface area contributed by atoms with E-state index in [-0.39, 0.29) is 5.91 Å². The van der Waals surface area contributed by atoms with Crippen molar-refractivity contribution in [1.82, 2.24) is 4.98 Å². The van der Waals surface area contributed by atoms with Crippen LogP contribution < -0.4 is 5.32 Å². The van der Waals surface area contributed by atoms with Gasteiger partial charge in [-0.1, -0.05) is 6.07 Å². The maximum atomic E-state index is 13.2. The average Bonchev–Trinajstić information content (AvgIpc) is 2.90. The van der Waals surface area contributed by atoms with E-state index < -0.39 is 5.82 Å². The molecular formula is C15H11FN2O2. The van der Waals surface area contributed by atoms with Crippen molar-refractivity contribution in [3.05, 3.63) is 59.7 Å². The van der Waals surface area contributed by atoms with Crippen molar-refractivity contribution < 1.29 is 13.6 Å². The number of carbonyl (C=O) groups excluding carboxylic acids is 1. The summed E-state index contributed by atoms with van der Waals surface area (Å²) in [5.74, 6) is -0.755. The first-order valence-corrected chi connectivity index (χ1v) is 6.04. The molecule has 1 aromatic carbocycles. The number of amides is 1. The van der Waals surface area contributed by atoms with E-state index in [1.165, 1.54) is 24.6 Å². The van der Waals surface area contributed by atoms with E-state index in [0.717, 1.165) is 5.56 Å². The van der Waals surface area contributed by atoms with Gasteiger partial charge in [0, 0.05) is 18.0 Å². The monoisotopic (exact) mass is 270 g/mol. The number of nitrogens with one attached hydrogen (secondary N) is 1. The summed E-state index contributed by atoms with van der Waals surface area (Å²) in [6, 6.07) is 7.56. The normalized spacial score (nSPS) is 10.7. The number of hydrogen-bond donors (Lipinski definition) is 1. The Kier molecular flexibility index (Phi) is 2.95. The zero-order valence-electron chi connectivity index (χ0n) is 10.7. The molecule has 0 aliphatic rings. The summed E-state index contributed by atoms with van der Waals surface area (Å²) in [5, 5.41) is 2.66. The molecule has 0 saturated carbocycles. The van der Waals surface area contributed by atoms with Crippen LogP contribution in [0.5, 0.6) is 0 Å². The van der Waals surface area contributed by atoms with Crippen LogP contribution in [-0.2, 0) is 0 Å². The summed E-state index contributed by atoms with van der Waals surface area (Å²) in [7, 11) is 0. The van der Waals surface area contributed by atoms with Crippen LogP contribution in [0, 0.1) is 12.7 Å². The lowest BCUT2D eigenvalue weighted by Crippen LogP contribution is -2.13. The number of benzene rings is 1. The van der Waals surface area contributed by atoms with Crippen LogP contribution in [-0.4, -0.2) is 10.9 Å². The molecule has 0 radical (unpaired) electrons. The molecule has 0 spiro atoms. The minimum absolute atomic E-state index is 0.357. The predicted octanol–water partition coefficient (Wildman–Crippen LogP) is 3.53. The molecule has 2 heterocycles. The zero-order chi connectivity index (χ0) is 14.1. The van der Waals surface area contributed by atoms with Crippen LogP contribution in [0.3, 0.4) is 0 Å². The van der Waals surface area contributed by atoms with Crippen molar-refractivity contribution in [1.29, 1.82) is 0 Å². The molecule has 1 amide bonds. The molecule has 3 rings (SSSR count). The van der Waals surface area contributed by atoms with Gasteiger partial charge in [-0.25, -0.2) is 4.39 Å². The number of carbonyl (C=O) groups is 1. The quantitative estimate of drug-likeness (QED) is 0.775. The van der Waals surface area contributed by atoms with Gasteiger partial charge in [-0.3, -0.25) is 9.78 Å². The summed E-state index contributed by atoms with van der Waals surface area (Å²) in [4.78, 5) is 16.2. The van der Waals surface area contributed by atoms with Crippen LogP contribution in [0.2, 0.25) is 0 Å². The van der Waals surface area contributed by atoms with Gasteiger partial charge in [0.2, 0.25) is 0 Å². The number of aryl methyl sites for hydroxylation is 1. The fourth-order valence-corrected chi connectivity index (χ4v) is 1.89. The third-order valence-corrected chi connectivity index (χ3v) is 3.01. The van der Waals surface area contributed by atoms with Crippen molar-refractivity contribution in [2.45, 2.75) is 6.92 Å². The topological polar surface area (TPSA) is 55.1 Å². The van der Waals surface area contributed by atoms with Crippen molar-refractivity contribution >= 4 is 22.7 Å². The van der Waals surface area contributed by atoms with Crippen molar-refractivity contribution in [2.75, 3.05) is 5.32 Å². The highest BCUT2D eigenvalue weighted by Gasteiger charge is 2.11. The molecule has 4 nitrogen and oxygen atoms in total. The smallest absolute Gasteiger partial charge is 0.257 e. The zero-order valence-corrected chi connectivity index (χ0v) is 10.7. The van der Waals surface area contributed by atoms with Crippen molar-refractivity contribution in [3.8, 4) is 0 Å². The minimum Gasteiger partial charge on any atom is -0.463 e. The Hall–Kier alpha value is -2.69. The van der Waals surface area contributed by atoms with Crippen LogP contribution >= 0.6 is 0 Å². The van der Waals surface area contributed by atoms with Crippen LogP contribution in [0.4, 0.5) is 10.1 Å². The summed E-state index contributed by atoms with van der Waals surface area (Å²) in [6.45, 7) is 1.79. The van der Waals surface area contributed by atoms with Crippen LogP contribution in [0.1, 0.15) is 15.9 Å². The van der Waals surface area contributed by atoms with Gasteiger partial charge in [0.1, 0.15) is 11.3 Å². The summed E-state index contributed by atoms with van der Waals surface area (Å²) >= 11 is 0. The number of rotatable bonds is 2. The van der Waals surface area contributed by atoms with E-state index in [2.05, 4.69) is 10.3 Å². The lowest BCUT2D eigenvalue weighted by atomic mass is 10.2.